The van der Waals surface area contributed by atoms with Gasteiger partial charge in [0.1, 0.15) is 12.4 Å². The van der Waals surface area contributed by atoms with E-state index in [0.29, 0.717) is 13.0 Å². The van der Waals surface area contributed by atoms with Crippen molar-refractivity contribution < 1.29 is 9.59 Å². The number of nitrogens with zero attached hydrogens (tertiary/aromatic N) is 3. The molecule has 0 bridgehead atoms. The Hall–Kier alpha value is -2.37. The summed E-state index contributed by atoms with van der Waals surface area (Å²) in [4.78, 5) is 30.8. The lowest BCUT2D eigenvalue weighted by molar-refractivity contribution is -0.130. The topological polar surface area (TPSA) is 67.2 Å². The van der Waals surface area contributed by atoms with Crippen LogP contribution in [0.5, 0.6) is 0 Å². The standard InChI is InChI=1S/C20H30N4O2/c1-5-6-13-23(4)19(25)14-24-17-10-8-7-9-16(17)22-18(24)11-12-21-20(26)15(2)3/h7-10,15H,5-6,11-14H2,1-4H3,(H,21,26). The molecule has 0 atom stereocenters. The minimum atomic E-state index is -0.0392. The zero-order valence-corrected chi connectivity index (χ0v) is 16.3. The molecule has 1 N–H and O–H groups in total. The molecule has 0 aliphatic heterocycles. The summed E-state index contributed by atoms with van der Waals surface area (Å²) in [7, 11) is 1.85. The van der Waals surface area contributed by atoms with E-state index in [2.05, 4.69) is 17.2 Å². The van der Waals surface area contributed by atoms with Crippen LogP contribution in [0.25, 0.3) is 11.0 Å². The van der Waals surface area contributed by atoms with E-state index < -0.39 is 0 Å². The van der Waals surface area contributed by atoms with Crippen molar-refractivity contribution in [2.24, 2.45) is 5.92 Å². The van der Waals surface area contributed by atoms with Crippen molar-refractivity contribution in [3.05, 3.63) is 30.1 Å². The van der Waals surface area contributed by atoms with Crippen molar-refractivity contribution in [1.82, 2.24) is 19.8 Å². The van der Waals surface area contributed by atoms with Crippen LogP contribution in [-0.4, -0.2) is 46.4 Å². The van der Waals surface area contributed by atoms with Crippen molar-refractivity contribution >= 4 is 22.8 Å². The smallest absolute Gasteiger partial charge is 0.242 e. The Balaban J connectivity index is 2.15. The van der Waals surface area contributed by atoms with Crippen molar-refractivity contribution in [2.45, 2.75) is 46.6 Å². The first kappa shape index (κ1) is 19.9. The number of fused-ring (bicyclic) bond motifs is 1. The molecule has 0 unspecified atom stereocenters. The van der Waals surface area contributed by atoms with Gasteiger partial charge in [0.2, 0.25) is 11.8 Å². The molecule has 26 heavy (non-hydrogen) atoms. The molecule has 0 radical (unpaired) electrons. The maximum atomic E-state index is 12.6. The Bertz CT molecular complexity index is 751. The first-order valence-electron chi connectivity index (χ1n) is 9.39. The number of amides is 2. The molecule has 2 amide bonds. The van der Waals surface area contributed by atoms with Gasteiger partial charge in [0.15, 0.2) is 0 Å². The number of unbranched alkanes of at least 4 members (excludes halogenated alkanes) is 1. The Morgan fingerprint density at radius 3 is 2.69 bits per heavy atom. The summed E-state index contributed by atoms with van der Waals surface area (Å²) in [5.74, 6) is 0.896. The number of carbonyl (C=O) groups excluding carboxylic acids is 2. The van der Waals surface area contributed by atoms with Crippen LogP contribution in [0.3, 0.4) is 0 Å². The number of nitrogens with one attached hydrogen (secondary N) is 1. The third-order valence-electron chi connectivity index (χ3n) is 4.47. The summed E-state index contributed by atoms with van der Waals surface area (Å²) in [6, 6.07) is 7.83. The normalized spacial score (nSPS) is 11.1. The highest BCUT2D eigenvalue weighted by atomic mass is 16.2. The van der Waals surface area contributed by atoms with Gasteiger partial charge in [-0.3, -0.25) is 9.59 Å². The second-order valence-electron chi connectivity index (χ2n) is 6.97. The summed E-state index contributed by atoms with van der Waals surface area (Å²) >= 11 is 0. The molecule has 0 aliphatic carbocycles. The number of rotatable bonds is 9. The van der Waals surface area contributed by atoms with Crippen LogP contribution in [0.4, 0.5) is 0 Å². The molecule has 1 aromatic carbocycles. The molecule has 142 valence electrons. The Labute approximate surface area is 155 Å². The van der Waals surface area contributed by atoms with Gasteiger partial charge in [0.25, 0.3) is 0 Å². The maximum absolute atomic E-state index is 12.6. The second kappa shape index (κ2) is 9.36. The minimum Gasteiger partial charge on any atom is -0.355 e. The summed E-state index contributed by atoms with van der Waals surface area (Å²) in [5, 5.41) is 2.92. The third kappa shape index (κ3) is 5.07. The molecule has 2 aromatic rings. The van der Waals surface area contributed by atoms with Crippen LogP contribution in [0.1, 0.15) is 39.4 Å². The van der Waals surface area contributed by atoms with E-state index in [9.17, 15) is 9.59 Å². The number of aromatic nitrogens is 2. The molecular formula is C20H30N4O2. The molecule has 6 nitrogen and oxygen atoms in total. The number of likely N-dealkylation sites (N-methyl/N-ethyl adjacent to an activating group) is 1. The van der Waals surface area contributed by atoms with Crippen LogP contribution in [-0.2, 0) is 22.6 Å². The molecule has 0 saturated carbocycles. The number of carbonyl (C=O) groups is 2. The van der Waals surface area contributed by atoms with Gasteiger partial charge in [0.05, 0.1) is 11.0 Å². The molecule has 0 spiro atoms. The lowest BCUT2D eigenvalue weighted by atomic mass is 10.2. The fraction of sp³-hybridized carbons (Fsp3) is 0.550. The van der Waals surface area contributed by atoms with Crippen molar-refractivity contribution in [1.29, 1.82) is 0 Å². The van der Waals surface area contributed by atoms with Crippen molar-refractivity contribution in [3.8, 4) is 0 Å². The molecule has 2 rings (SSSR count). The van der Waals surface area contributed by atoms with Gasteiger partial charge in [-0.05, 0) is 18.6 Å². The first-order valence-corrected chi connectivity index (χ1v) is 9.39. The van der Waals surface area contributed by atoms with Crippen LogP contribution < -0.4 is 5.32 Å². The van der Waals surface area contributed by atoms with Gasteiger partial charge in [-0.15, -0.1) is 0 Å². The highest BCUT2D eigenvalue weighted by molar-refractivity contribution is 5.81. The van der Waals surface area contributed by atoms with Gasteiger partial charge in [-0.1, -0.05) is 39.3 Å². The largest absolute Gasteiger partial charge is 0.355 e. The van der Waals surface area contributed by atoms with E-state index >= 15 is 0 Å². The van der Waals surface area contributed by atoms with E-state index in [0.717, 1.165) is 36.2 Å². The monoisotopic (exact) mass is 358 g/mol. The predicted molar refractivity (Wildman–Crippen MR) is 104 cm³/mol. The number of imidazole rings is 1. The summed E-state index contributed by atoms with van der Waals surface area (Å²) in [6.45, 7) is 7.41. The summed E-state index contributed by atoms with van der Waals surface area (Å²) in [5.41, 5.74) is 1.83. The van der Waals surface area contributed by atoms with Crippen LogP contribution >= 0.6 is 0 Å². The number of hydrogen-bond donors (Lipinski definition) is 1. The number of benzene rings is 1. The predicted octanol–water partition coefficient (Wildman–Crippen LogP) is 2.61. The molecule has 6 heteroatoms. The lowest BCUT2D eigenvalue weighted by Crippen LogP contribution is -2.32. The maximum Gasteiger partial charge on any atom is 0.242 e. The molecule has 0 aliphatic rings. The van der Waals surface area contributed by atoms with Gasteiger partial charge >= 0.3 is 0 Å². The average molecular weight is 358 g/mol. The Kier molecular flexibility index (Phi) is 7.18. The average Bonchev–Trinajstić information content (AvgIpc) is 2.97. The van der Waals surface area contributed by atoms with Crippen molar-refractivity contribution in [3.63, 3.8) is 0 Å². The second-order valence-corrected chi connectivity index (χ2v) is 6.97. The molecule has 1 heterocycles. The fourth-order valence-corrected chi connectivity index (χ4v) is 2.77. The van der Waals surface area contributed by atoms with Crippen LogP contribution in [0.2, 0.25) is 0 Å². The van der Waals surface area contributed by atoms with E-state index in [1.165, 1.54) is 0 Å². The Morgan fingerprint density at radius 1 is 1.27 bits per heavy atom. The van der Waals surface area contributed by atoms with Gasteiger partial charge in [-0.25, -0.2) is 4.98 Å². The van der Waals surface area contributed by atoms with Gasteiger partial charge in [-0.2, -0.15) is 0 Å². The molecule has 1 aromatic heterocycles. The van der Waals surface area contributed by atoms with Gasteiger partial charge < -0.3 is 14.8 Å². The van der Waals surface area contributed by atoms with Crippen molar-refractivity contribution in [2.75, 3.05) is 20.1 Å². The number of hydrogen-bond acceptors (Lipinski definition) is 3. The highest BCUT2D eigenvalue weighted by Crippen LogP contribution is 2.17. The fourth-order valence-electron chi connectivity index (χ4n) is 2.77. The summed E-state index contributed by atoms with van der Waals surface area (Å²) < 4.78 is 1.97. The molecular weight excluding hydrogens is 328 g/mol. The van der Waals surface area contributed by atoms with Crippen LogP contribution in [0.15, 0.2) is 24.3 Å². The SMILES string of the molecule is CCCCN(C)C(=O)Cn1c(CCNC(=O)C(C)C)nc2ccccc21. The third-order valence-corrected chi connectivity index (χ3v) is 4.47. The van der Waals surface area contributed by atoms with Gasteiger partial charge in [0, 0.05) is 32.5 Å². The first-order chi connectivity index (χ1) is 12.4. The van der Waals surface area contributed by atoms with E-state index in [4.69, 9.17) is 0 Å². The van der Waals surface area contributed by atoms with E-state index in [-0.39, 0.29) is 24.3 Å². The highest BCUT2D eigenvalue weighted by Gasteiger charge is 2.16. The quantitative estimate of drug-likeness (QED) is 0.749. The molecule has 0 fully saturated rings. The van der Waals surface area contributed by atoms with Crippen LogP contribution in [0, 0.1) is 5.92 Å². The zero-order valence-electron chi connectivity index (χ0n) is 16.3. The summed E-state index contributed by atoms with van der Waals surface area (Å²) in [6.07, 6.45) is 2.66. The minimum absolute atomic E-state index is 0.0306. The molecule has 0 saturated heterocycles. The number of para-hydroxylation sites is 2. The zero-order chi connectivity index (χ0) is 19.1. The Morgan fingerprint density at radius 2 is 2.00 bits per heavy atom. The lowest BCUT2D eigenvalue weighted by Gasteiger charge is -2.18. The van der Waals surface area contributed by atoms with E-state index in [1.54, 1.807) is 4.90 Å². The van der Waals surface area contributed by atoms with E-state index in [1.807, 2.05) is 49.7 Å².